The molecule has 4 aromatic rings. The van der Waals surface area contributed by atoms with Crippen LogP contribution in [0.4, 0.5) is 5.69 Å². The summed E-state index contributed by atoms with van der Waals surface area (Å²) in [5.74, 6) is 4.47. The Kier molecular flexibility index (Phi) is 14.1. The van der Waals surface area contributed by atoms with Crippen molar-refractivity contribution in [2.24, 2.45) is 28.7 Å². The monoisotopic (exact) mass is 811 g/mol. The summed E-state index contributed by atoms with van der Waals surface area (Å²) >= 11 is 12.7. The normalized spacial score (nSPS) is 14.0. The Morgan fingerprint density at radius 3 is 2.45 bits per heavy atom. The lowest BCUT2D eigenvalue weighted by atomic mass is 10.0. The number of primary amides is 1. The van der Waals surface area contributed by atoms with Gasteiger partial charge in [0.1, 0.15) is 30.8 Å². The molecule has 1 aliphatic rings. The molecule has 3 aromatic heterocycles. The Bertz CT molecular complexity index is 2190. The van der Waals surface area contributed by atoms with Gasteiger partial charge in [-0.1, -0.05) is 35.3 Å². The molecule has 56 heavy (non-hydrogen) atoms. The molecule has 19 nitrogen and oxygen atoms in total. The molecule has 5 rings (SSSR count). The van der Waals surface area contributed by atoms with Crippen molar-refractivity contribution < 1.29 is 33.3 Å². The van der Waals surface area contributed by atoms with Crippen LogP contribution in [0, 0.1) is 0 Å². The number of nitrogens with one attached hydrogen (secondary N) is 1. The van der Waals surface area contributed by atoms with Crippen molar-refractivity contribution in [2.75, 3.05) is 58.6 Å². The molecular weight excluding hydrogens is 773 g/mol. The number of anilines is 1. The number of pyridine rings is 1. The first-order valence-corrected chi connectivity index (χ1v) is 17.7. The van der Waals surface area contributed by atoms with E-state index in [2.05, 4.69) is 25.4 Å². The topological polar surface area (TPSA) is 246 Å². The molecule has 0 spiro atoms. The fourth-order valence-electron chi connectivity index (χ4n) is 5.78. The Labute approximate surface area is 330 Å². The molecule has 1 aromatic carbocycles. The van der Waals surface area contributed by atoms with E-state index in [-0.39, 0.29) is 74.4 Å². The molecule has 0 fully saturated rings. The highest BCUT2D eigenvalue weighted by molar-refractivity contribution is 6.32. The zero-order valence-corrected chi connectivity index (χ0v) is 32.1. The van der Waals surface area contributed by atoms with Gasteiger partial charge in [-0.05, 0) is 30.2 Å². The number of amides is 3. The number of nitrogens with two attached hydrogens (primary N) is 2. The second-order valence-corrected chi connectivity index (χ2v) is 12.9. The average molecular weight is 813 g/mol. The number of rotatable bonds is 19. The van der Waals surface area contributed by atoms with Gasteiger partial charge in [-0.25, -0.2) is 9.97 Å². The van der Waals surface area contributed by atoms with Crippen LogP contribution in [0.2, 0.25) is 10.0 Å². The van der Waals surface area contributed by atoms with Gasteiger partial charge in [0.25, 0.3) is 11.5 Å². The minimum absolute atomic E-state index is 0.0134. The van der Waals surface area contributed by atoms with Crippen molar-refractivity contribution in [3.05, 3.63) is 80.1 Å². The van der Waals surface area contributed by atoms with Crippen molar-refractivity contribution in [2.45, 2.75) is 19.0 Å². The molecule has 21 heteroatoms. The Balaban J connectivity index is 1.42. The van der Waals surface area contributed by atoms with E-state index in [1.807, 2.05) is 4.57 Å². The first-order valence-electron chi connectivity index (χ1n) is 16.9. The fraction of sp³-hybridized carbons (Fsp3) is 0.343. The van der Waals surface area contributed by atoms with Crippen molar-refractivity contribution in [3.8, 4) is 23.3 Å². The number of fused-ring (bicyclic) bond motifs is 1. The number of carbonyl (C=O) groups excluding carboxylic acids is 3. The minimum Gasteiger partial charge on any atom is -0.480 e. The van der Waals surface area contributed by atoms with Gasteiger partial charge < -0.3 is 45.0 Å². The van der Waals surface area contributed by atoms with Gasteiger partial charge in [0.15, 0.2) is 5.69 Å². The van der Waals surface area contributed by atoms with Crippen molar-refractivity contribution in [1.82, 2.24) is 29.4 Å². The molecule has 0 aliphatic carbocycles. The molecule has 296 valence electrons. The number of carbonyl (C=O) groups is 3. The number of aliphatic imine (C=N–C) groups is 1. The number of benzene rings is 1. The minimum atomic E-state index is -0.831. The summed E-state index contributed by atoms with van der Waals surface area (Å²) < 4.78 is 24.1. The predicted molar refractivity (Wildman–Crippen MR) is 207 cm³/mol. The van der Waals surface area contributed by atoms with E-state index in [9.17, 15) is 19.2 Å². The van der Waals surface area contributed by atoms with Crippen LogP contribution in [0.1, 0.15) is 34.2 Å². The smallest absolute Gasteiger partial charge is 0.319 e. The Morgan fingerprint density at radius 2 is 1.77 bits per heavy atom. The number of hydrogen-bond donors (Lipinski definition) is 3. The molecule has 0 bridgehead atoms. The summed E-state index contributed by atoms with van der Waals surface area (Å²) in [5.41, 5.74) is 6.54. The van der Waals surface area contributed by atoms with Crippen LogP contribution in [-0.2, 0) is 32.7 Å². The molecule has 1 unspecified atom stereocenters. The lowest BCUT2D eigenvalue weighted by molar-refractivity contribution is -0.127. The van der Waals surface area contributed by atoms with E-state index in [0.717, 1.165) is 0 Å². The van der Waals surface area contributed by atoms with Gasteiger partial charge >= 0.3 is 6.01 Å². The van der Waals surface area contributed by atoms with Crippen LogP contribution in [0.3, 0.4) is 0 Å². The maximum absolute atomic E-state index is 14.4. The maximum atomic E-state index is 14.4. The van der Waals surface area contributed by atoms with Crippen LogP contribution in [0.5, 0.6) is 11.9 Å². The third-order valence-corrected chi connectivity index (χ3v) is 8.72. The molecular formula is C35H39Cl2N11O8. The molecule has 3 amide bonds. The number of halogens is 2. The van der Waals surface area contributed by atoms with Crippen LogP contribution >= 0.6 is 23.2 Å². The van der Waals surface area contributed by atoms with Crippen LogP contribution in [0.15, 0.2) is 57.6 Å². The van der Waals surface area contributed by atoms with Crippen LogP contribution in [-0.4, -0.2) is 107 Å². The summed E-state index contributed by atoms with van der Waals surface area (Å²) in [6, 6.07) is 7.62. The standard InChI is InChI=1S/C35H39Cl2N11O8/c1-46-17-22(37)13-25(33(46)51)48-29(20-5-7-21(36)8-6-20)30-28(34(48)52)43-31(24-16-42-35(54-3)44-32(24)53-2)47(30)10-4-9-40-14-23(45-39)15-41-27(50)19-56-12-11-55-18-26(38)49/h5-8,13-14,16-17,29H,4,9-12,15,18-19,39H2,1-3H3,(H2,38,49)(H,41,50)/b40-14?,45-23+. The zero-order valence-electron chi connectivity index (χ0n) is 30.6. The highest BCUT2D eigenvalue weighted by atomic mass is 35.5. The number of ether oxygens (including phenoxy) is 4. The number of methoxy groups -OCH3 is 2. The van der Waals surface area contributed by atoms with Gasteiger partial charge in [-0.15, -0.1) is 0 Å². The number of aromatic nitrogens is 5. The van der Waals surface area contributed by atoms with Crippen LogP contribution in [0.25, 0.3) is 11.4 Å². The lowest BCUT2D eigenvalue weighted by Gasteiger charge is -2.27. The van der Waals surface area contributed by atoms with Crippen molar-refractivity contribution in [3.63, 3.8) is 0 Å². The Morgan fingerprint density at radius 1 is 1.04 bits per heavy atom. The second kappa shape index (κ2) is 19.1. The zero-order chi connectivity index (χ0) is 40.4. The number of aryl methyl sites for hydroxylation is 1. The van der Waals surface area contributed by atoms with Crippen LogP contribution < -0.4 is 36.8 Å². The summed E-state index contributed by atoms with van der Waals surface area (Å²) in [4.78, 5) is 70.1. The third-order valence-electron chi connectivity index (χ3n) is 8.26. The van der Waals surface area contributed by atoms with E-state index in [0.29, 0.717) is 39.8 Å². The fourth-order valence-corrected chi connectivity index (χ4v) is 6.16. The van der Waals surface area contributed by atoms with Gasteiger partial charge in [0, 0.05) is 43.8 Å². The van der Waals surface area contributed by atoms with E-state index in [4.69, 9.17) is 58.7 Å². The van der Waals surface area contributed by atoms with Gasteiger partial charge in [-0.3, -0.25) is 29.1 Å². The number of hydrogen-bond acceptors (Lipinski definition) is 14. The molecule has 4 heterocycles. The van der Waals surface area contributed by atoms with Crippen molar-refractivity contribution in [1.29, 1.82) is 0 Å². The predicted octanol–water partition coefficient (Wildman–Crippen LogP) is 1.52. The first kappa shape index (κ1) is 41.3. The maximum Gasteiger partial charge on any atom is 0.319 e. The molecule has 1 atom stereocenters. The van der Waals surface area contributed by atoms with E-state index in [1.165, 1.54) is 48.4 Å². The number of nitrogens with zero attached hydrogens (tertiary/aromatic N) is 8. The van der Waals surface area contributed by atoms with Crippen molar-refractivity contribution >= 4 is 58.5 Å². The highest BCUT2D eigenvalue weighted by Gasteiger charge is 2.45. The average Bonchev–Trinajstić information content (AvgIpc) is 3.69. The molecule has 0 saturated carbocycles. The second-order valence-electron chi connectivity index (χ2n) is 12.0. The van der Waals surface area contributed by atoms with Gasteiger partial charge in [0.05, 0.1) is 56.0 Å². The summed E-state index contributed by atoms with van der Waals surface area (Å²) in [5, 5.41) is 7.07. The molecule has 1 aliphatic heterocycles. The molecule has 5 N–H and O–H groups in total. The van der Waals surface area contributed by atoms with E-state index >= 15 is 0 Å². The largest absolute Gasteiger partial charge is 0.480 e. The SMILES string of the molecule is COc1ncc(-c2nc3c(n2CCCN=C/C(CNC(=O)COCCOCC(N)=O)=N\N)C(c2ccc(Cl)cc2)N(c2cc(Cl)cn(C)c2=O)C3=O)c(OC)n1. The number of hydrazone groups is 1. The third kappa shape index (κ3) is 9.66. The highest BCUT2D eigenvalue weighted by Crippen LogP contribution is 2.44. The summed E-state index contributed by atoms with van der Waals surface area (Å²) in [6.45, 7) is 0.224. The quantitative estimate of drug-likeness (QED) is 0.0528. The first-order chi connectivity index (χ1) is 27.0. The lowest BCUT2D eigenvalue weighted by Crippen LogP contribution is -2.35. The molecule has 0 radical (unpaired) electrons. The molecule has 0 saturated heterocycles. The van der Waals surface area contributed by atoms with Gasteiger partial charge in [-0.2, -0.15) is 10.1 Å². The summed E-state index contributed by atoms with van der Waals surface area (Å²) in [6.07, 6.45) is 4.81. The van der Waals surface area contributed by atoms with Gasteiger partial charge in [0.2, 0.25) is 17.7 Å². The van der Waals surface area contributed by atoms with E-state index < -0.39 is 29.3 Å². The number of imidazole rings is 1. The van der Waals surface area contributed by atoms with E-state index in [1.54, 1.807) is 31.3 Å². The summed E-state index contributed by atoms with van der Waals surface area (Å²) in [7, 11) is 4.41. The Hall–Kier alpha value is -5.89.